The fourth-order valence-electron chi connectivity index (χ4n) is 4.53. The van der Waals surface area contributed by atoms with Gasteiger partial charge in [-0.2, -0.15) is 5.06 Å². The second-order valence-corrected chi connectivity index (χ2v) is 5.75. The van der Waals surface area contributed by atoms with E-state index >= 15 is 0 Å². The van der Waals surface area contributed by atoms with E-state index in [0.29, 0.717) is 17.9 Å². The van der Waals surface area contributed by atoms with Crippen LogP contribution in [0.2, 0.25) is 0 Å². The molecule has 4 rings (SSSR count). The van der Waals surface area contributed by atoms with Crippen LogP contribution in [-0.4, -0.2) is 37.0 Å². The molecule has 1 saturated carbocycles. The predicted octanol–water partition coefficient (Wildman–Crippen LogP) is 1.60. The van der Waals surface area contributed by atoms with Gasteiger partial charge in [0.1, 0.15) is 5.60 Å². The molecule has 3 heteroatoms. The van der Waals surface area contributed by atoms with Gasteiger partial charge in [0.25, 0.3) is 0 Å². The summed E-state index contributed by atoms with van der Waals surface area (Å²) in [7, 11) is 2.08. The first kappa shape index (κ1) is 9.63. The lowest BCUT2D eigenvalue weighted by molar-refractivity contribution is -0.203. The molecule has 2 aliphatic carbocycles. The Kier molecular flexibility index (Phi) is 1.86. The van der Waals surface area contributed by atoms with E-state index in [9.17, 15) is 0 Å². The van der Waals surface area contributed by atoms with Gasteiger partial charge in [0, 0.05) is 25.5 Å². The topological polar surface area (TPSA) is 21.7 Å². The SMILES string of the molecule is CN1O[C@]23CCCOC[C@H]1[C@@H]2[C@H]1C=C[C@@H]3C1. The average molecular weight is 221 g/mol. The molecule has 2 heterocycles. The maximum absolute atomic E-state index is 6.29. The number of likely N-dealkylation sites (N-methyl/N-ethyl adjacent to an activating group) is 1. The van der Waals surface area contributed by atoms with E-state index in [1.807, 2.05) is 0 Å². The van der Waals surface area contributed by atoms with Crippen LogP contribution in [0.1, 0.15) is 19.3 Å². The highest BCUT2D eigenvalue weighted by atomic mass is 16.7. The molecule has 0 radical (unpaired) electrons. The highest BCUT2D eigenvalue weighted by Gasteiger charge is 2.65. The van der Waals surface area contributed by atoms with Crippen molar-refractivity contribution in [2.45, 2.75) is 30.9 Å². The van der Waals surface area contributed by atoms with Crippen LogP contribution >= 0.6 is 0 Å². The van der Waals surface area contributed by atoms with Gasteiger partial charge in [0.05, 0.1) is 12.6 Å². The van der Waals surface area contributed by atoms with E-state index in [-0.39, 0.29) is 5.60 Å². The van der Waals surface area contributed by atoms with E-state index in [1.54, 1.807) is 0 Å². The largest absolute Gasteiger partial charge is 0.380 e. The van der Waals surface area contributed by atoms with Crippen molar-refractivity contribution in [2.75, 3.05) is 20.3 Å². The van der Waals surface area contributed by atoms with Crippen molar-refractivity contribution in [1.29, 1.82) is 0 Å². The molecule has 0 amide bonds. The molecule has 16 heavy (non-hydrogen) atoms. The Balaban J connectivity index is 1.79. The Labute approximate surface area is 96.3 Å². The molecule has 4 aliphatic rings. The lowest BCUT2D eigenvalue weighted by atomic mass is 9.73. The minimum absolute atomic E-state index is 0.128. The third kappa shape index (κ3) is 0.998. The first-order valence-electron chi connectivity index (χ1n) is 6.49. The molecule has 2 aliphatic heterocycles. The second kappa shape index (κ2) is 3.09. The lowest BCUT2D eigenvalue weighted by Gasteiger charge is -2.36. The molecule has 2 saturated heterocycles. The fraction of sp³-hybridized carbons (Fsp3) is 0.846. The van der Waals surface area contributed by atoms with Crippen molar-refractivity contribution in [1.82, 2.24) is 5.06 Å². The summed E-state index contributed by atoms with van der Waals surface area (Å²) in [4.78, 5) is 6.29. The van der Waals surface area contributed by atoms with Crippen LogP contribution in [0.4, 0.5) is 0 Å². The molecular formula is C13H19NO2. The average Bonchev–Trinajstić information content (AvgIpc) is 2.85. The van der Waals surface area contributed by atoms with Gasteiger partial charge < -0.3 is 4.74 Å². The van der Waals surface area contributed by atoms with Gasteiger partial charge in [-0.1, -0.05) is 12.2 Å². The molecule has 3 fully saturated rings. The van der Waals surface area contributed by atoms with Gasteiger partial charge in [-0.3, -0.25) is 4.84 Å². The van der Waals surface area contributed by atoms with Gasteiger partial charge in [-0.05, 0) is 25.2 Å². The van der Waals surface area contributed by atoms with E-state index in [1.165, 1.54) is 12.8 Å². The number of nitrogens with zero attached hydrogens (tertiary/aromatic N) is 1. The second-order valence-electron chi connectivity index (χ2n) is 5.75. The number of ether oxygens (including phenoxy) is 1. The highest BCUT2D eigenvalue weighted by Crippen LogP contribution is 2.60. The zero-order valence-corrected chi connectivity index (χ0v) is 9.76. The highest BCUT2D eigenvalue weighted by molar-refractivity contribution is 5.24. The Morgan fingerprint density at radius 2 is 2.31 bits per heavy atom. The molecule has 0 aromatic rings. The zero-order chi connectivity index (χ0) is 10.8. The summed E-state index contributed by atoms with van der Waals surface area (Å²) in [6.07, 6.45) is 8.46. The summed E-state index contributed by atoms with van der Waals surface area (Å²) >= 11 is 0. The van der Waals surface area contributed by atoms with Gasteiger partial charge in [-0.25, -0.2) is 0 Å². The van der Waals surface area contributed by atoms with Crippen LogP contribution in [0.5, 0.6) is 0 Å². The van der Waals surface area contributed by atoms with Crippen molar-refractivity contribution in [3.05, 3.63) is 12.2 Å². The van der Waals surface area contributed by atoms with Gasteiger partial charge in [0.15, 0.2) is 0 Å². The summed E-state index contributed by atoms with van der Waals surface area (Å²) in [5.74, 6) is 2.07. The van der Waals surface area contributed by atoms with Crippen molar-refractivity contribution < 1.29 is 9.57 Å². The summed E-state index contributed by atoms with van der Waals surface area (Å²) in [6.45, 7) is 1.75. The number of hydrogen-bond donors (Lipinski definition) is 0. The lowest BCUT2D eigenvalue weighted by Crippen LogP contribution is -2.44. The quantitative estimate of drug-likeness (QED) is 0.580. The van der Waals surface area contributed by atoms with Gasteiger partial charge in [0.2, 0.25) is 0 Å². The third-order valence-corrected chi connectivity index (χ3v) is 5.11. The van der Waals surface area contributed by atoms with Crippen molar-refractivity contribution >= 4 is 0 Å². The number of hydroxylamine groups is 2. The first-order valence-corrected chi connectivity index (χ1v) is 6.49. The standard InChI is InChI=1S/C13H19NO2/c1-14-11-8-15-6-2-5-13(16-14)10-4-3-9(7-10)12(11)13/h3-4,9-12H,2,5-8H2,1H3/t9-,10+,11-,12-,13-/m0/s1. The predicted molar refractivity (Wildman–Crippen MR) is 59.6 cm³/mol. The number of hydrogen-bond acceptors (Lipinski definition) is 3. The maximum Gasteiger partial charge on any atom is 0.101 e. The molecule has 0 spiro atoms. The Morgan fingerprint density at radius 1 is 1.38 bits per heavy atom. The van der Waals surface area contributed by atoms with Crippen LogP contribution in [0.25, 0.3) is 0 Å². The van der Waals surface area contributed by atoms with Crippen LogP contribution in [0.15, 0.2) is 12.2 Å². The monoisotopic (exact) mass is 221 g/mol. The van der Waals surface area contributed by atoms with Crippen molar-refractivity contribution in [2.24, 2.45) is 17.8 Å². The number of allylic oxidation sites excluding steroid dienone is 1. The molecule has 0 N–H and O–H groups in total. The smallest absolute Gasteiger partial charge is 0.101 e. The number of fused-ring (bicyclic) bond motifs is 2. The van der Waals surface area contributed by atoms with Gasteiger partial charge in [-0.15, -0.1) is 0 Å². The summed E-state index contributed by atoms with van der Waals surface area (Å²) in [5, 5.41) is 2.09. The molecule has 0 aromatic heterocycles. The number of rotatable bonds is 0. The van der Waals surface area contributed by atoms with Crippen LogP contribution in [0, 0.1) is 17.8 Å². The zero-order valence-electron chi connectivity index (χ0n) is 9.76. The summed E-state index contributed by atoms with van der Waals surface area (Å²) in [6, 6.07) is 0.472. The van der Waals surface area contributed by atoms with Crippen LogP contribution in [-0.2, 0) is 9.57 Å². The Morgan fingerprint density at radius 3 is 3.25 bits per heavy atom. The van der Waals surface area contributed by atoms with Crippen LogP contribution < -0.4 is 0 Å². The first-order chi connectivity index (χ1) is 7.81. The molecule has 3 nitrogen and oxygen atoms in total. The summed E-state index contributed by atoms with van der Waals surface area (Å²) < 4.78 is 5.74. The minimum Gasteiger partial charge on any atom is -0.380 e. The molecule has 4 bridgehead atoms. The summed E-state index contributed by atoms with van der Waals surface area (Å²) in [5.41, 5.74) is 0.128. The Bertz CT molecular complexity index is 343. The van der Waals surface area contributed by atoms with E-state index in [4.69, 9.17) is 9.57 Å². The molecule has 5 atom stereocenters. The maximum atomic E-state index is 6.29. The Hall–Kier alpha value is -0.380. The molecular weight excluding hydrogens is 202 g/mol. The minimum atomic E-state index is 0.128. The van der Waals surface area contributed by atoms with E-state index < -0.39 is 0 Å². The molecule has 88 valence electrons. The van der Waals surface area contributed by atoms with E-state index in [0.717, 1.165) is 25.6 Å². The van der Waals surface area contributed by atoms with Crippen molar-refractivity contribution in [3.63, 3.8) is 0 Å². The third-order valence-electron chi connectivity index (χ3n) is 5.11. The molecule has 0 aromatic carbocycles. The van der Waals surface area contributed by atoms with Gasteiger partial charge >= 0.3 is 0 Å². The normalized spacial score (nSPS) is 55.1. The van der Waals surface area contributed by atoms with E-state index in [2.05, 4.69) is 24.3 Å². The van der Waals surface area contributed by atoms with Crippen LogP contribution in [0.3, 0.4) is 0 Å². The van der Waals surface area contributed by atoms with Crippen molar-refractivity contribution in [3.8, 4) is 0 Å². The molecule has 0 unspecified atom stereocenters. The fourth-order valence-corrected chi connectivity index (χ4v) is 4.53.